The number of carbonyl (C=O) groups excluding carboxylic acids is 1. The van der Waals surface area contributed by atoms with Crippen LogP contribution in [-0.2, 0) is 4.79 Å². The summed E-state index contributed by atoms with van der Waals surface area (Å²) in [5.41, 5.74) is 0.802. The summed E-state index contributed by atoms with van der Waals surface area (Å²) < 4.78 is 0.989. The zero-order valence-corrected chi connectivity index (χ0v) is 13.4. The highest BCUT2D eigenvalue weighted by molar-refractivity contribution is 9.10. The standard InChI is InChI=1S/C15H21BrN2O2/c1-10(18-8-7-12(9-18)11(2)19)15(20)17-14-5-3-13(16)4-6-14/h3-6,10-12,19H,7-9H2,1-2H3,(H,17,20). The molecule has 0 spiro atoms. The minimum atomic E-state index is -0.304. The third kappa shape index (κ3) is 3.81. The predicted octanol–water partition coefficient (Wildman–Crippen LogP) is 2.48. The summed E-state index contributed by atoms with van der Waals surface area (Å²) in [5, 5.41) is 12.5. The van der Waals surface area contributed by atoms with E-state index < -0.39 is 0 Å². The van der Waals surface area contributed by atoms with Gasteiger partial charge in [0.15, 0.2) is 0 Å². The average Bonchev–Trinajstić information content (AvgIpc) is 2.90. The molecule has 0 aromatic heterocycles. The first-order valence-corrected chi connectivity index (χ1v) is 7.75. The fraction of sp³-hybridized carbons (Fsp3) is 0.533. The number of hydrogen-bond donors (Lipinski definition) is 2. The van der Waals surface area contributed by atoms with Crippen LogP contribution >= 0.6 is 15.9 Å². The first-order chi connectivity index (χ1) is 9.47. The van der Waals surface area contributed by atoms with Crippen LogP contribution in [0.1, 0.15) is 20.3 Å². The molecule has 0 bridgehead atoms. The van der Waals surface area contributed by atoms with Gasteiger partial charge in [0.05, 0.1) is 12.1 Å². The van der Waals surface area contributed by atoms with Crippen molar-refractivity contribution >= 4 is 27.5 Å². The third-order valence-corrected chi connectivity index (χ3v) is 4.51. The topological polar surface area (TPSA) is 52.6 Å². The molecule has 1 aliphatic heterocycles. The van der Waals surface area contributed by atoms with Gasteiger partial charge < -0.3 is 10.4 Å². The first kappa shape index (κ1) is 15.5. The van der Waals surface area contributed by atoms with Gasteiger partial charge in [-0.25, -0.2) is 0 Å². The number of hydrogen-bond acceptors (Lipinski definition) is 3. The first-order valence-electron chi connectivity index (χ1n) is 6.96. The van der Waals surface area contributed by atoms with Crippen molar-refractivity contribution in [3.63, 3.8) is 0 Å². The van der Waals surface area contributed by atoms with Gasteiger partial charge in [0, 0.05) is 16.7 Å². The Morgan fingerprint density at radius 1 is 1.40 bits per heavy atom. The Hall–Kier alpha value is -0.910. The molecule has 1 aromatic carbocycles. The SMILES string of the molecule is CC(O)C1CCN(C(C)C(=O)Nc2ccc(Br)cc2)C1. The number of nitrogens with one attached hydrogen (secondary N) is 1. The van der Waals surface area contributed by atoms with Gasteiger partial charge in [-0.05, 0) is 57.0 Å². The Balaban J connectivity index is 1.91. The van der Waals surface area contributed by atoms with E-state index in [-0.39, 0.29) is 24.0 Å². The van der Waals surface area contributed by atoms with Crippen LogP contribution in [0.2, 0.25) is 0 Å². The van der Waals surface area contributed by atoms with E-state index in [1.165, 1.54) is 0 Å². The number of anilines is 1. The molecule has 1 saturated heterocycles. The molecule has 1 aromatic rings. The van der Waals surface area contributed by atoms with E-state index in [9.17, 15) is 9.90 Å². The van der Waals surface area contributed by atoms with Gasteiger partial charge in [0.25, 0.3) is 0 Å². The molecule has 110 valence electrons. The van der Waals surface area contributed by atoms with Crippen LogP contribution in [0, 0.1) is 5.92 Å². The lowest BCUT2D eigenvalue weighted by atomic mass is 10.0. The lowest BCUT2D eigenvalue weighted by Crippen LogP contribution is -2.41. The smallest absolute Gasteiger partial charge is 0.241 e. The van der Waals surface area contributed by atoms with E-state index in [1.807, 2.05) is 38.1 Å². The molecule has 4 nitrogen and oxygen atoms in total. The Kier molecular flexibility index (Phi) is 5.18. The number of aliphatic hydroxyl groups excluding tert-OH is 1. The van der Waals surface area contributed by atoms with Crippen LogP contribution in [0.25, 0.3) is 0 Å². The Labute approximate surface area is 128 Å². The second-order valence-corrected chi connectivity index (χ2v) is 6.37. The average molecular weight is 341 g/mol. The number of benzene rings is 1. The fourth-order valence-electron chi connectivity index (χ4n) is 2.51. The number of amides is 1. The Morgan fingerprint density at radius 3 is 2.60 bits per heavy atom. The van der Waals surface area contributed by atoms with Crippen molar-refractivity contribution in [2.75, 3.05) is 18.4 Å². The van der Waals surface area contributed by atoms with Crippen LogP contribution in [0.5, 0.6) is 0 Å². The maximum absolute atomic E-state index is 12.2. The highest BCUT2D eigenvalue weighted by Crippen LogP contribution is 2.22. The Bertz CT molecular complexity index is 461. The molecule has 3 atom stereocenters. The summed E-state index contributed by atoms with van der Waals surface area (Å²) in [6.45, 7) is 5.39. The predicted molar refractivity (Wildman–Crippen MR) is 83.6 cm³/mol. The lowest BCUT2D eigenvalue weighted by molar-refractivity contribution is -0.120. The quantitative estimate of drug-likeness (QED) is 0.885. The molecule has 3 unspecified atom stereocenters. The molecule has 1 aliphatic rings. The van der Waals surface area contributed by atoms with Gasteiger partial charge >= 0.3 is 0 Å². The van der Waals surface area contributed by atoms with Gasteiger partial charge in [0.1, 0.15) is 0 Å². The molecule has 5 heteroatoms. The van der Waals surface area contributed by atoms with E-state index in [4.69, 9.17) is 0 Å². The molecule has 1 fully saturated rings. The van der Waals surface area contributed by atoms with E-state index in [0.717, 1.165) is 29.7 Å². The maximum Gasteiger partial charge on any atom is 0.241 e. The summed E-state index contributed by atoms with van der Waals surface area (Å²) in [7, 11) is 0. The number of nitrogens with zero attached hydrogens (tertiary/aromatic N) is 1. The molecule has 2 N–H and O–H groups in total. The van der Waals surface area contributed by atoms with Gasteiger partial charge in [-0.2, -0.15) is 0 Å². The minimum Gasteiger partial charge on any atom is -0.393 e. The third-order valence-electron chi connectivity index (χ3n) is 3.98. The molecule has 0 radical (unpaired) electrons. The van der Waals surface area contributed by atoms with Gasteiger partial charge in [-0.3, -0.25) is 9.69 Å². The molecule has 20 heavy (non-hydrogen) atoms. The van der Waals surface area contributed by atoms with Crippen LogP contribution in [-0.4, -0.2) is 41.1 Å². The molecular formula is C15H21BrN2O2. The van der Waals surface area contributed by atoms with Crippen molar-refractivity contribution in [2.24, 2.45) is 5.92 Å². The van der Waals surface area contributed by atoms with Gasteiger partial charge in [-0.1, -0.05) is 15.9 Å². The minimum absolute atomic E-state index is 0.00133. The maximum atomic E-state index is 12.2. The van der Waals surface area contributed by atoms with E-state index >= 15 is 0 Å². The number of aliphatic hydroxyl groups is 1. The molecule has 1 heterocycles. The number of carbonyl (C=O) groups is 1. The Morgan fingerprint density at radius 2 is 2.05 bits per heavy atom. The normalized spacial score (nSPS) is 22.5. The lowest BCUT2D eigenvalue weighted by Gasteiger charge is -2.24. The van der Waals surface area contributed by atoms with Gasteiger partial charge in [-0.15, -0.1) is 0 Å². The van der Waals surface area contributed by atoms with Crippen molar-refractivity contribution in [2.45, 2.75) is 32.4 Å². The van der Waals surface area contributed by atoms with Crippen LogP contribution in [0.15, 0.2) is 28.7 Å². The largest absolute Gasteiger partial charge is 0.393 e. The van der Waals surface area contributed by atoms with Crippen molar-refractivity contribution in [3.05, 3.63) is 28.7 Å². The van der Waals surface area contributed by atoms with Crippen molar-refractivity contribution in [1.29, 1.82) is 0 Å². The number of rotatable bonds is 4. The van der Waals surface area contributed by atoms with Crippen LogP contribution in [0.4, 0.5) is 5.69 Å². The summed E-state index contributed by atoms with van der Waals surface area (Å²) in [4.78, 5) is 14.4. The summed E-state index contributed by atoms with van der Waals surface area (Å²) in [6, 6.07) is 7.37. The highest BCUT2D eigenvalue weighted by atomic mass is 79.9. The van der Waals surface area contributed by atoms with Crippen LogP contribution in [0.3, 0.4) is 0 Å². The van der Waals surface area contributed by atoms with Crippen molar-refractivity contribution in [1.82, 2.24) is 4.90 Å². The zero-order valence-electron chi connectivity index (χ0n) is 11.8. The van der Waals surface area contributed by atoms with Crippen LogP contribution < -0.4 is 5.32 Å². The molecule has 2 rings (SSSR count). The fourth-order valence-corrected chi connectivity index (χ4v) is 2.77. The number of likely N-dealkylation sites (tertiary alicyclic amines) is 1. The van der Waals surface area contributed by atoms with E-state index in [1.54, 1.807) is 0 Å². The second-order valence-electron chi connectivity index (χ2n) is 5.46. The van der Waals surface area contributed by atoms with Crippen molar-refractivity contribution < 1.29 is 9.90 Å². The second kappa shape index (κ2) is 6.70. The van der Waals surface area contributed by atoms with E-state index in [0.29, 0.717) is 0 Å². The molecular weight excluding hydrogens is 320 g/mol. The highest BCUT2D eigenvalue weighted by Gasteiger charge is 2.31. The van der Waals surface area contributed by atoms with E-state index in [2.05, 4.69) is 26.1 Å². The van der Waals surface area contributed by atoms with Gasteiger partial charge in [0.2, 0.25) is 5.91 Å². The molecule has 0 saturated carbocycles. The summed E-state index contributed by atoms with van der Waals surface area (Å²) >= 11 is 3.37. The van der Waals surface area contributed by atoms with Crippen molar-refractivity contribution in [3.8, 4) is 0 Å². The summed E-state index contributed by atoms with van der Waals surface area (Å²) in [5.74, 6) is 0.275. The zero-order chi connectivity index (χ0) is 14.7. The molecule has 1 amide bonds. The number of halogens is 1. The monoisotopic (exact) mass is 340 g/mol. The molecule has 0 aliphatic carbocycles. The summed E-state index contributed by atoms with van der Waals surface area (Å²) in [6.07, 6.45) is 0.648.